The third-order valence-corrected chi connectivity index (χ3v) is 5.06. The average Bonchev–Trinajstić information content (AvgIpc) is 2.51. The Kier molecular flexibility index (Phi) is 3.39. The molecule has 0 bridgehead atoms. The quantitative estimate of drug-likeness (QED) is 0.844. The Morgan fingerprint density at radius 2 is 2.27 bits per heavy atom. The molecule has 84 valence electrons. The minimum absolute atomic E-state index is 0.594. The fourth-order valence-corrected chi connectivity index (χ4v) is 4.08. The van der Waals surface area contributed by atoms with E-state index in [9.17, 15) is 0 Å². The Bertz CT molecular complexity index is 357. The summed E-state index contributed by atoms with van der Waals surface area (Å²) in [4.78, 5) is 1.49. The largest absolute Gasteiger partial charge is 0.326 e. The van der Waals surface area contributed by atoms with Gasteiger partial charge in [-0.15, -0.1) is 11.3 Å². The van der Waals surface area contributed by atoms with Crippen molar-refractivity contribution in [2.45, 2.75) is 39.7 Å². The van der Waals surface area contributed by atoms with Crippen molar-refractivity contribution in [1.82, 2.24) is 0 Å². The Morgan fingerprint density at radius 3 is 2.87 bits per heavy atom. The fraction of sp³-hybridized carbons (Fsp3) is 0.667. The normalized spacial score (nSPS) is 20.7. The van der Waals surface area contributed by atoms with Gasteiger partial charge in [-0.2, -0.15) is 0 Å². The van der Waals surface area contributed by atoms with Gasteiger partial charge in [0.2, 0.25) is 0 Å². The van der Waals surface area contributed by atoms with Crippen LogP contribution in [0.1, 0.15) is 36.3 Å². The summed E-state index contributed by atoms with van der Waals surface area (Å²) in [6.45, 7) is 5.22. The lowest BCUT2D eigenvalue weighted by Gasteiger charge is -2.25. The summed E-state index contributed by atoms with van der Waals surface area (Å²) in [7, 11) is 0. The molecular formula is C12H18ClNS. The fourth-order valence-electron chi connectivity index (χ4n) is 2.42. The van der Waals surface area contributed by atoms with Gasteiger partial charge >= 0.3 is 0 Å². The Morgan fingerprint density at radius 1 is 1.53 bits per heavy atom. The molecule has 0 amide bonds. The molecule has 1 aliphatic rings. The van der Waals surface area contributed by atoms with Crippen LogP contribution < -0.4 is 5.73 Å². The standard InChI is InChI=1S/C12H18ClNS/c1-7(2)8-3-4-9-10(6-14)12(13)15-11(9)5-8/h7-8H,3-6,14H2,1-2H3. The SMILES string of the molecule is CC(C)C1CCc2c(sc(Cl)c2CN)C1. The molecule has 1 atom stereocenters. The zero-order valence-corrected chi connectivity index (χ0v) is 10.9. The molecule has 0 fully saturated rings. The summed E-state index contributed by atoms with van der Waals surface area (Å²) >= 11 is 7.95. The Balaban J connectivity index is 2.28. The van der Waals surface area contributed by atoms with E-state index in [1.807, 2.05) is 0 Å². The number of hydrogen-bond acceptors (Lipinski definition) is 2. The zero-order chi connectivity index (χ0) is 11.0. The second kappa shape index (κ2) is 4.44. The zero-order valence-electron chi connectivity index (χ0n) is 9.35. The van der Waals surface area contributed by atoms with Crippen LogP contribution in [-0.4, -0.2) is 0 Å². The lowest BCUT2D eigenvalue weighted by molar-refractivity contribution is 0.345. The van der Waals surface area contributed by atoms with Gasteiger partial charge in [-0.05, 0) is 42.2 Å². The molecule has 1 aliphatic carbocycles. The van der Waals surface area contributed by atoms with E-state index in [4.69, 9.17) is 17.3 Å². The summed E-state index contributed by atoms with van der Waals surface area (Å²) in [5.41, 5.74) is 8.41. The summed E-state index contributed by atoms with van der Waals surface area (Å²) in [5, 5.41) is 0. The summed E-state index contributed by atoms with van der Waals surface area (Å²) in [6.07, 6.45) is 3.68. The number of halogens is 1. The second-order valence-corrected chi connectivity index (χ2v) is 6.41. The summed E-state index contributed by atoms with van der Waals surface area (Å²) in [6, 6.07) is 0. The molecule has 0 radical (unpaired) electrons. The first kappa shape index (κ1) is 11.4. The number of thiophene rings is 1. The third-order valence-electron chi connectivity index (χ3n) is 3.51. The maximum Gasteiger partial charge on any atom is 0.0978 e. The van der Waals surface area contributed by atoms with E-state index < -0.39 is 0 Å². The molecule has 0 spiro atoms. The van der Waals surface area contributed by atoms with Gasteiger partial charge in [-0.3, -0.25) is 0 Å². The van der Waals surface area contributed by atoms with Gasteiger partial charge in [0.25, 0.3) is 0 Å². The van der Waals surface area contributed by atoms with Gasteiger partial charge in [-0.1, -0.05) is 25.4 Å². The molecule has 1 heterocycles. The molecule has 1 nitrogen and oxygen atoms in total. The lowest BCUT2D eigenvalue weighted by Crippen LogP contribution is -2.18. The van der Waals surface area contributed by atoms with Crippen LogP contribution in [-0.2, 0) is 19.4 Å². The molecule has 15 heavy (non-hydrogen) atoms. The van der Waals surface area contributed by atoms with Crippen LogP contribution in [0.3, 0.4) is 0 Å². The van der Waals surface area contributed by atoms with Crippen molar-refractivity contribution in [2.24, 2.45) is 17.6 Å². The highest BCUT2D eigenvalue weighted by atomic mass is 35.5. The van der Waals surface area contributed by atoms with Crippen molar-refractivity contribution in [3.63, 3.8) is 0 Å². The minimum Gasteiger partial charge on any atom is -0.326 e. The first-order valence-electron chi connectivity index (χ1n) is 5.62. The monoisotopic (exact) mass is 243 g/mol. The van der Waals surface area contributed by atoms with E-state index in [2.05, 4.69) is 13.8 Å². The smallest absolute Gasteiger partial charge is 0.0978 e. The summed E-state index contributed by atoms with van der Waals surface area (Å²) in [5.74, 6) is 1.61. The van der Waals surface area contributed by atoms with E-state index in [0.717, 1.165) is 16.2 Å². The van der Waals surface area contributed by atoms with Crippen LogP contribution in [0.5, 0.6) is 0 Å². The minimum atomic E-state index is 0.594. The van der Waals surface area contributed by atoms with Gasteiger partial charge in [0.15, 0.2) is 0 Å². The molecular weight excluding hydrogens is 226 g/mol. The summed E-state index contributed by atoms with van der Waals surface area (Å²) < 4.78 is 0.923. The number of hydrogen-bond donors (Lipinski definition) is 1. The van der Waals surface area contributed by atoms with Gasteiger partial charge < -0.3 is 5.73 Å². The highest BCUT2D eigenvalue weighted by Crippen LogP contribution is 2.40. The van der Waals surface area contributed by atoms with Gasteiger partial charge in [0.1, 0.15) is 0 Å². The molecule has 3 heteroatoms. The van der Waals surface area contributed by atoms with E-state index in [1.54, 1.807) is 11.3 Å². The molecule has 0 saturated carbocycles. The number of nitrogens with two attached hydrogens (primary N) is 1. The first-order chi connectivity index (χ1) is 7.13. The van der Waals surface area contributed by atoms with Crippen LogP contribution >= 0.6 is 22.9 Å². The predicted octanol–water partition coefficient (Wildman–Crippen LogP) is 3.62. The molecule has 1 unspecified atom stereocenters. The molecule has 0 aromatic carbocycles. The van der Waals surface area contributed by atoms with E-state index in [1.165, 1.54) is 35.3 Å². The topological polar surface area (TPSA) is 26.0 Å². The Labute approximate surface area is 101 Å². The lowest BCUT2D eigenvalue weighted by atomic mass is 9.81. The van der Waals surface area contributed by atoms with Crippen LogP contribution in [0, 0.1) is 11.8 Å². The first-order valence-corrected chi connectivity index (χ1v) is 6.82. The van der Waals surface area contributed by atoms with Crippen molar-refractivity contribution in [1.29, 1.82) is 0 Å². The van der Waals surface area contributed by atoms with Gasteiger partial charge in [-0.25, -0.2) is 0 Å². The van der Waals surface area contributed by atoms with Crippen molar-refractivity contribution in [3.05, 3.63) is 20.3 Å². The molecule has 0 aliphatic heterocycles. The van der Waals surface area contributed by atoms with Crippen molar-refractivity contribution in [3.8, 4) is 0 Å². The second-order valence-electron chi connectivity index (χ2n) is 4.71. The van der Waals surface area contributed by atoms with Crippen molar-refractivity contribution in [2.75, 3.05) is 0 Å². The predicted molar refractivity (Wildman–Crippen MR) is 67.6 cm³/mol. The molecule has 2 N–H and O–H groups in total. The molecule has 0 saturated heterocycles. The molecule has 1 aromatic heterocycles. The Hall–Kier alpha value is -0.0500. The highest BCUT2D eigenvalue weighted by molar-refractivity contribution is 7.16. The average molecular weight is 244 g/mol. The van der Waals surface area contributed by atoms with E-state index >= 15 is 0 Å². The third kappa shape index (κ3) is 2.08. The van der Waals surface area contributed by atoms with Crippen molar-refractivity contribution < 1.29 is 0 Å². The van der Waals surface area contributed by atoms with Crippen LogP contribution in [0.2, 0.25) is 4.34 Å². The van der Waals surface area contributed by atoms with E-state index in [-0.39, 0.29) is 0 Å². The van der Waals surface area contributed by atoms with Crippen LogP contribution in [0.15, 0.2) is 0 Å². The highest BCUT2D eigenvalue weighted by Gasteiger charge is 2.25. The van der Waals surface area contributed by atoms with Gasteiger partial charge in [0.05, 0.1) is 4.34 Å². The maximum absolute atomic E-state index is 6.20. The van der Waals surface area contributed by atoms with Crippen LogP contribution in [0.4, 0.5) is 0 Å². The maximum atomic E-state index is 6.20. The van der Waals surface area contributed by atoms with Crippen molar-refractivity contribution >= 4 is 22.9 Å². The van der Waals surface area contributed by atoms with E-state index in [0.29, 0.717) is 6.54 Å². The van der Waals surface area contributed by atoms with Crippen LogP contribution in [0.25, 0.3) is 0 Å². The number of fused-ring (bicyclic) bond motifs is 1. The molecule has 1 aromatic rings. The van der Waals surface area contributed by atoms with Gasteiger partial charge in [0, 0.05) is 11.4 Å². The number of rotatable bonds is 2. The molecule has 2 rings (SSSR count).